The first kappa shape index (κ1) is 7.91. The number of carbonyl (C=O) groups excluding carboxylic acids is 1. The van der Waals surface area contributed by atoms with Crippen molar-refractivity contribution in [2.45, 2.75) is 6.92 Å². The highest BCUT2D eigenvalue weighted by atomic mass is 19.1. The predicted octanol–water partition coefficient (Wildman–Crippen LogP) is 2.09. The van der Waals surface area contributed by atoms with Gasteiger partial charge in [-0.25, -0.2) is 4.39 Å². The van der Waals surface area contributed by atoms with Gasteiger partial charge in [0.1, 0.15) is 5.82 Å². The maximum Gasteiger partial charge on any atom is 0.180 e. The molecule has 4 heteroatoms. The van der Waals surface area contributed by atoms with Crippen molar-refractivity contribution in [1.29, 1.82) is 0 Å². The van der Waals surface area contributed by atoms with Gasteiger partial charge in [0.05, 0.1) is 16.6 Å². The summed E-state index contributed by atoms with van der Waals surface area (Å²) < 4.78 is 18.0. The highest BCUT2D eigenvalue weighted by Gasteiger charge is 2.12. The monoisotopic (exact) mass is 179 g/mol. The Kier molecular flexibility index (Phi) is 1.62. The second kappa shape index (κ2) is 2.65. The van der Waals surface area contributed by atoms with Crippen molar-refractivity contribution in [1.82, 2.24) is 5.16 Å². The van der Waals surface area contributed by atoms with Crippen LogP contribution in [0.2, 0.25) is 0 Å². The van der Waals surface area contributed by atoms with Gasteiger partial charge >= 0.3 is 0 Å². The largest absolute Gasteiger partial charge is 0.355 e. The molecule has 0 saturated carbocycles. The zero-order chi connectivity index (χ0) is 9.42. The highest BCUT2D eigenvalue weighted by Crippen LogP contribution is 2.23. The van der Waals surface area contributed by atoms with E-state index >= 15 is 0 Å². The van der Waals surface area contributed by atoms with Gasteiger partial charge in [-0.3, -0.25) is 4.79 Å². The molecule has 0 spiro atoms. The Morgan fingerprint density at radius 3 is 3.00 bits per heavy atom. The Morgan fingerprint density at radius 1 is 1.54 bits per heavy atom. The number of hydrogen-bond donors (Lipinski definition) is 0. The number of benzene rings is 1. The molecule has 13 heavy (non-hydrogen) atoms. The number of hydrogen-bond acceptors (Lipinski definition) is 3. The molecule has 3 nitrogen and oxygen atoms in total. The van der Waals surface area contributed by atoms with Crippen LogP contribution < -0.4 is 0 Å². The van der Waals surface area contributed by atoms with E-state index in [1.807, 2.05) is 0 Å². The van der Waals surface area contributed by atoms with Crippen molar-refractivity contribution >= 4 is 17.3 Å². The Labute approximate surface area is 73.1 Å². The fourth-order valence-corrected chi connectivity index (χ4v) is 1.26. The van der Waals surface area contributed by atoms with Gasteiger partial charge in [0, 0.05) is 0 Å². The van der Waals surface area contributed by atoms with E-state index < -0.39 is 5.82 Å². The van der Waals surface area contributed by atoms with Crippen LogP contribution in [-0.2, 0) is 0 Å². The first-order valence-electron chi connectivity index (χ1n) is 3.73. The molecular formula is C9H6FNO2. The molecule has 2 rings (SSSR count). The summed E-state index contributed by atoms with van der Waals surface area (Å²) in [5.74, 6) is -0.417. The Balaban J connectivity index is 2.95. The number of rotatable bonds is 1. The third-order valence-electron chi connectivity index (χ3n) is 1.90. The molecule has 1 heterocycles. The first-order valence-corrected chi connectivity index (χ1v) is 3.73. The van der Waals surface area contributed by atoms with Gasteiger partial charge in [0.25, 0.3) is 0 Å². The molecule has 0 aliphatic heterocycles. The lowest BCUT2D eigenvalue weighted by molar-refractivity contribution is 0.112. The van der Waals surface area contributed by atoms with Crippen molar-refractivity contribution < 1.29 is 13.7 Å². The minimum absolute atomic E-state index is 0.215. The molecular weight excluding hydrogens is 173 g/mol. The minimum Gasteiger partial charge on any atom is -0.355 e. The quantitative estimate of drug-likeness (QED) is 0.629. The Hall–Kier alpha value is -1.71. The van der Waals surface area contributed by atoms with E-state index in [1.165, 1.54) is 12.1 Å². The van der Waals surface area contributed by atoms with E-state index in [1.54, 1.807) is 6.92 Å². The van der Waals surface area contributed by atoms with E-state index in [0.29, 0.717) is 17.5 Å². The topological polar surface area (TPSA) is 43.1 Å². The Morgan fingerprint density at radius 2 is 2.31 bits per heavy atom. The molecule has 0 unspecified atom stereocenters. The zero-order valence-electron chi connectivity index (χ0n) is 6.87. The third-order valence-corrected chi connectivity index (χ3v) is 1.90. The van der Waals surface area contributed by atoms with Gasteiger partial charge in [-0.1, -0.05) is 5.16 Å². The predicted molar refractivity (Wildman–Crippen MR) is 44.1 cm³/mol. The molecule has 2 aromatic rings. The van der Waals surface area contributed by atoms with E-state index in [2.05, 4.69) is 5.16 Å². The fraction of sp³-hybridized carbons (Fsp3) is 0.111. The maximum atomic E-state index is 13.2. The van der Waals surface area contributed by atoms with Crippen LogP contribution in [-0.4, -0.2) is 11.4 Å². The first-order chi connectivity index (χ1) is 6.24. The fourth-order valence-electron chi connectivity index (χ4n) is 1.26. The number of aldehydes is 1. The second-order valence-electron chi connectivity index (χ2n) is 2.73. The molecule has 0 amide bonds. The van der Waals surface area contributed by atoms with Crippen molar-refractivity contribution in [3.8, 4) is 0 Å². The van der Waals surface area contributed by atoms with Gasteiger partial charge < -0.3 is 4.52 Å². The molecule has 0 aliphatic carbocycles. The third kappa shape index (κ3) is 1.02. The molecule has 0 atom stereocenters. The lowest BCUT2D eigenvalue weighted by Crippen LogP contribution is -1.84. The van der Waals surface area contributed by atoms with Crippen LogP contribution in [0.1, 0.15) is 16.1 Å². The number of nitrogens with zero attached hydrogens (tertiary/aromatic N) is 1. The molecule has 0 fully saturated rings. The SMILES string of the molecule is Cc1noc2c(C=O)ccc(F)c12. The van der Waals surface area contributed by atoms with E-state index in [-0.39, 0.29) is 11.0 Å². The van der Waals surface area contributed by atoms with Gasteiger partial charge in [-0.15, -0.1) is 0 Å². The van der Waals surface area contributed by atoms with Crippen molar-refractivity contribution in [2.24, 2.45) is 0 Å². The lowest BCUT2D eigenvalue weighted by atomic mass is 10.1. The van der Waals surface area contributed by atoms with Crippen LogP contribution in [0.25, 0.3) is 11.0 Å². The highest BCUT2D eigenvalue weighted by molar-refractivity contribution is 5.95. The lowest BCUT2D eigenvalue weighted by Gasteiger charge is -1.92. The van der Waals surface area contributed by atoms with E-state index in [0.717, 1.165) is 0 Å². The summed E-state index contributed by atoms with van der Waals surface area (Å²) in [5, 5.41) is 3.87. The summed E-state index contributed by atoms with van der Waals surface area (Å²) in [4.78, 5) is 10.5. The molecule has 0 bridgehead atoms. The molecule has 0 N–H and O–H groups in total. The minimum atomic E-state index is -0.417. The molecule has 0 saturated heterocycles. The number of carbonyl (C=O) groups is 1. The Bertz CT molecular complexity index is 476. The van der Waals surface area contributed by atoms with E-state index in [4.69, 9.17) is 4.52 Å². The molecule has 1 aromatic carbocycles. The van der Waals surface area contributed by atoms with E-state index in [9.17, 15) is 9.18 Å². The average molecular weight is 179 g/mol. The maximum absolute atomic E-state index is 13.2. The van der Waals surface area contributed by atoms with Gasteiger partial charge in [-0.05, 0) is 19.1 Å². The zero-order valence-corrected chi connectivity index (χ0v) is 6.87. The van der Waals surface area contributed by atoms with Crippen LogP contribution >= 0.6 is 0 Å². The number of halogens is 1. The molecule has 66 valence electrons. The van der Waals surface area contributed by atoms with Crippen LogP contribution in [0.15, 0.2) is 16.7 Å². The summed E-state index contributed by atoms with van der Waals surface area (Å²) in [6, 6.07) is 2.60. The number of aromatic nitrogens is 1. The summed E-state index contributed by atoms with van der Waals surface area (Å²) in [5.41, 5.74) is 0.987. The molecule has 0 radical (unpaired) electrons. The smallest absolute Gasteiger partial charge is 0.180 e. The summed E-state index contributed by atoms with van der Waals surface area (Å²) in [6.45, 7) is 1.63. The molecule has 1 aromatic heterocycles. The van der Waals surface area contributed by atoms with Crippen LogP contribution in [0, 0.1) is 12.7 Å². The van der Waals surface area contributed by atoms with Crippen LogP contribution in [0.4, 0.5) is 4.39 Å². The van der Waals surface area contributed by atoms with Gasteiger partial charge in [0.15, 0.2) is 11.9 Å². The van der Waals surface area contributed by atoms with Crippen molar-refractivity contribution in [2.75, 3.05) is 0 Å². The van der Waals surface area contributed by atoms with Crippen LogP contribution in [0.5, 0.6) is 0 Å². The molecule has 0 aliphatic rings. The standard InChI is InChI=1S/C9H6FNO2/c1-5-8-7(10)3-2-6(4-12)9(8)13-11-5/h2-4H,1H3. The number of aryl methyl sites for hydroxylation is 1. The van der Waals surface area contributed by atoms with Crippen molar-refractivity contribution in [3.63, 3.8) is 0 Å². The summed E-state index contributed by atoms with van der Waals surface area (Å²) in [6.07, 6.45) is 0.617. The summed E-state index contributed by atoms with van der Waals surface area (Å²) >= 11 is 0. The van der Waals surface area contributed by atoms with Gasteiger partial charge in [-0.2, -0.15) is 0 Å². The summed E-state index contributed by atoms with van der Waals surface area (Å²) in [7, 11) is 0. The van der Waals surface area contributed by atoms with Crippen LogP contribution in [0.3, 0.4) is 0 Å². The average Bonchev–Trinajstić information content (AvgIpc) is 2.50. The normalized spacial score (nSPS) is 10.6. The van der Waals surface area contributed by atoms with Gasteiger partial charge in [0.2, 0.25) is 0 Å². The van der Waals surface area contributed by atoms with Crippen molar-refractivity contribution in [3.05, 3.63) is 29.2 Å². The second-order valence-corrected chi connectivity index (χ2v) is 2.73. The number of fused-ring (bicyclic) bond motifs is 1.